The van der Waals surface area contributed by atoms with E-state index in [0.29, 0.717) is 10.9 Å². The van der Waals surface area contributed by atoms with Crippen molar-refractivity contribution in [1.29, 1.82) is 0 Å². The summed E-state index contributed by atoms with van der Waals surface area (Å²) in [5.41, 5.74) is 4.05. The number of nitrogens with zero attached hydrogens (tertiary/aromatic N) is 1. The molecule has 1 N–H and O–H groups in total. The van der Waals surface area contributed by atoms with Gasteiger partial charge in [0.25, 0.3) is 0 Å². The number of hydrogen-bond acceptors (Lipinski definition) is 2. The average molecular weight is 301 g/mol. The summed E-state index contributed by atoms with van der Waals surface area (Å²) < 4.78 is 5.13. The molecule has 0 fully saturated rings. The molecule has 21 heavy (non-hydrogen) atoms. The maximum absolute atomic E-state index is 6.42. The first-order valence-corrected chi connectivity index (χ1v) is 7.29. The van der Waals surface area contributed by atoms with Crippen molar-refractivity contribution in [2.75, 3.05) is 7.11 Å². The third kappa shape index (κ3) is 2.61. The van der Waals surface area contributed by atoms with Gasteiger partial charge in [-0.3, -0.25) is 4.98 Å². The minimum absolute atomic E-state index is 0.457. The van der Waals surface area contributed by atoms with Gasteiger partial charge < -0.3 is 9.72 Å². The van der Waals surface area contributed by atoms with Crippen LogP contribution in [0, 0.1) is 0 Å². The van der Waals surface area contributed by atoms with E-state index in [9.17, 15) is 0 Å². The van der Waals surface area contributed by atoms with Gasteiger partial charge in [0.15, 0.2) is 0 Å². The van der Waals surface area contributed by atoms with E-state index in [-0.39, 0.29) is 0 Å². The summed E-state index contributed by atoms with van der Waals surface area (Å²) in [6.07, 6.45) is 1.70. The van der Waals surface area contributed by atoms with E-state index in [1.807, 2.05) is 18.2 Å². The van der Waals surface area contributed by atoms with E-state index in [2.05, 4.69) is 35.9 Å². The Morgan fingerprint density at radius 3 is 2.62 bits per heavy atom. The van der Waals surface area contributed by atoms with E-state index < -0.39 is 0 Å². The Kier molecular flexibility index (Phi) is 3.60. The zero-order valence-corrected chi connectivity index (χ0v) is 13.0. The molecule has 2 aromatic heterocycles. The number of fused-ring (bicyclic) bond motifs is 1. The predicted octanol–water partition coefficient (Wildman–Crippen LogP) is 5.02. The van der Waals surface area contributed by atoms with Crippen molar-refractivity contribution in [3.8, 4) is 17.0 Å². The molecule has 1 aromatic carbocycles. The number of nitrogens with one attached hydrogen (secondary N) is 1. The molecule has 4 heteroatoms. The van der Waals surface area contributed by atoms with Crippen LogP contribution in [0.15, 0.2) is 36.5 Å². The van der Waals surface area contributed by atoms with Gasteiger partial charge in [-0.2, -0.15) is 0 Å². The first-order valence-electron chi connectivity index (χ1n) is 6.91. The average Bonchev–Trinajstić information content (AvgIpc) is 2.89. The molecule has 0 spiro atoms. The molecule has 0 radical (unpaired) electrons. The highest BCUT2D eigenvalue weighted by atomic mass is 35.5. The number of rotatable bonds is 3. The summed E-state index contributed by atoms with van der Waals surface area (Å²) in [6.45, 7) is 4.33. The largest absolute Gasteiger partial charge is 0.495 e. The van der Waals surface area contributed by atoms with Gasteiger partial charge >= 0.3 is 0 Å². The normalized spacial score (nSPS) is 11.3. The molecule has 0 aliphatic heterocycles. The Balaban J connectivity index is 2.10. The van der Waals surface area contributed by atoms with Gasteiger partial charge in [-0.1, -0.05) is 25.4 Å². The van der Waals surface area contributed by atoms with Crippen LogP contribution in [0.1, 0.15) is 25.5 Å². The molecule has 3 rings (SSSR count). The number of H-pyrrole nitrogens is 1. The molecule has 0 saturated heterocycles. The van der Waals surface area contributed by atoms with Crippen LogP contribution in [-0.2, 0) is 0 Å². The van der Waals surface area contributed by atoms with E-state index in [1.165, 1.54) is 5.69 Å². The van der Waals surface area contributed by atoms with Crippen molar-refractivity contribution < 1.29 is 4.74 Å². The SMILES string of the molecule is COc1ccc(-c2cc3[nH]c(C(C)C)cc3cc2Cl)nc1. The second kappa shape index (κ2) is 5.41. The van der Waals surface area contributed by atoms with Crippen LogP contribution in [0.5, 0.6) is 5.75 Å². The van der Waals surface area contributed by atoms with Crippen molar-refractivity contribution in [3.05, 3.63) is 47.2 Å². The highest BCUT2D eigenvalue weighted by Gasteiger charge is 2.10. The molecule has 3 aromatic rings. The minimum atomic E-state index is 0.457. The Bertz CT molecular complexity index is 775. The second-order valence-corrected chi connectivity index (χ2v) is 5.79. The molecule has 0 atom stereocenters. The number of methoxy groups -OCH3 is 1. The smallest absolute Gasteiger partial charge is 0.137 e. The minimum Gasteiger partial charge on any atom is -0.495 e. The lowest BCUT2D eigenvalue weighted by atomic mass is 10.1. The maximum Gasteiger partial charge on any atom is 0.137 e. The number of pyridine rings is 1. The molecule has 0 amide bonds. The Hall–Kier alpha value is -2.00. The van der Waals surface area contributed by atoms with Gasteiger partial charge in [0.05, 0.1) is 24.0 Å². The van der Waals surface area contributed by atoms with Crippen molar-refractivity contribution in [1.82, 2.24) is 9.97 Å². The molecule has 0 saturated carbocycles. The summed E-state index contributed by atoms with van der Waals surface area (Å²) in [5, 5.41) is 1.83. The van der Waals surface area contributed by atoms with Crippen molar-refractivity contribution in [2.45, 2.75) is 19.8 Å². The Morgan fingerprint density at radius 2 is 2.00 bits per heavy atom. The van der Waals surface area contributed by atoms with Gasteiger partial charge in [-0.05, 0) is 36.2 Å². The summed E-state index contributed by atoms with van der Waals surface area (Å²) >= 11 is 6.42. The molecule has 3 nitrogen and oxygen atoms in total. The third-order valence-corrected chi connectivity index (χ3v) is 3.91. The number of aromatic amines is 1. The second-order valence-electron chi connectivity index (χ2n) is 5.38. The fourth-order valence-electron chi connectivity index (χ4n) is 2.34. The van der Waals surface area contributed by atoms with E-state index in [0.717, 1.165) is 27.9 Å². The number of hydrogen-bond donors (Lipinski definition) is 1. The number of aromatic nitrogens is 2. The molecule has 0 unspecified atom stereocenters. The predicted molar refractivity (Wildman–Crippen MR) is 87.2 cm³/mol. The number of ether oxygens (including phenoxy) is 1. The van der Waals surface area contributed by atoms with Gasteiger partial charge in [0.1, 0.15) is 5.75 Å². The lowest BCUT2D eigenvalue weighted by Gasteiger charge is -2.05. The van der Waals surface area contributed by atoms with Gasteiger partial charge in [0.2, 0.25) is 0 Å². The molecule has 0 aliphatic rings. The van der Waals surface area contributed by atoms with Crippen molar-refractivity contribution in [2.24, 2.45) is 0 Å². The van der Waals surface area contributed by atoms with Gasteiger partial charge in [-0.15, -0.1) is 0 Å². The van der Waals surface area contributed by atoms with Crippen LogP contribution in [-0.4, -0.2) is 17.1 Å². The fraction of sp³-hybridized carbons (Fsp3) is 0.235. The van der Waals surface area contributed by atoms with Crippen LogP contribution in [0.2, 0.25) is 5.02 Å². The molecular formula is C17H17ClN2O. The van der Waals surface area contributed by atoms with E-state index in [4.69, 9.17) is 16.3 Å². The first-order chi connectivity index (χ1) is 10.1. The Labute approximate surface area is 128 Å². The zero-order chi connectivity index (χ0) is 15.0. The Morgan fingerprint density at radius 1 is 1.19 bits per heavy atom. The van der Waals surface area contributed by atoms with Crippen LogP contribution in [0.4, 0.5) is 0 Å². The first kappa shape index (κ1) is 14.0. The van der Waals surface area contributed by atoms with E-state index in [1.54, 1.807) is 13.3 Å². The highest BCUT2D eigenvalue weighted by molar-refractivity contribution is 6.34. The molecule has 0 bridgehead atoms. The molecule has 2 heterocycles. The van der Waals surface area contributed by atoms with Gasteiger partial charge in [0, 0.05) is 22.2 Å². The summed E-state index contributed by atoms with van der Waals surface area (Å²) in [7, 11) is 1.63. The lowest BCUT2D eigenvalue weighted by Crippen LogP contribution is -1.88. The summed E-state index contributed by atoms with van der Waals surface area (Å²) in [5.74, 6) is 1.19. The number of benzene rings is 1. The van der Waals surface area contributed by atoms with E-state index >= 15 is 0 Å². The number of halogens is 1. The summed E-state index contributed by atoms with van der Waals surface area (Å²) in [6, 6.07) is 9.99. The zero-order valence-electron chi connectivity index (χ0n) is 12.3. The third-order valence-electron chi connectivity index (χ3n) is 3.60. The fourth-order valence-corrected chi connectivity index (χ4v) is 2.61. The van der Waals surface area contributed by atoms with Crippen molar-refractivity contribution >= 4 is 22.5 Å². The molecular weight excluding hydrogens is 284 g/mol. The molecule has 108 valence electrons. The van der Waals surface area contributed by atoms with Crippen molar-refractivity contribution in [3.63, 3.8) is 0 Å². The van der Waals surface area contributed by atoms with Gasteiger partial charge in [-0.25, -0.2) is 0 Å². The monoisotopic (exact) mass is 300 g/mol. The lowest BCUT2D eigenvalue weighted by molar-refractivity contribution is 0.413. The van der Waals surface area contributed by atoms with Crippen LogP contribution < -0.4 is 4.74 Å². The van der Waals surface area contributed by atoms with Crippen LogP contribution in [0.3, 0.4) is 0 Å². The quantitative estimate of drug-likeness (QED) is 0.738. The topological polar surface area (TPSA) is 37.9 Å². The summed E-state index contributed by atoms with van der Waals surface area (Å²) in [4.78, 5) is 7.85. The molecule has 0 aliphatic carbocycles. The standard InChI is InChI=1S/C17H17ClN2O/c1-10(2)16-7-11-6-14(18)13(8-17(11)20-16)15-5-4-12(21-3)9-19-15/h4-10,20H,1-3H3. The maximum atomic E-state index is 6.42. The van der Waals surface area contributed by atoms with Crippen LogP contribution >= 0.6 is 11.6 Å². The van der Waals surface area contributed by atoms with Crippen LogP contribution in [0.25, 0.3) is 22.2 Å². The highest BCUT2D eigenvalue weighted by Crippen LogP contribution is 2.32.